The molecule has 0 aliphatic carbocycles. The Hall–Kier alpha value is -1.31. The highest BCUT2D eigenvalue weighted by molar-refractivity contribution is 5.91. The first kappa shape index (κ1) is 3.82. The molecule has 1 rings (SSSR count). The molecule has 0 N–H and O–H groups in total. The molecule has 1 aromatic carbocycles. The van der Waals surface area contributed by atoms with E-state index >= 15 is 0 Å². The molecule has 1 aromatic rings. The number of carbonyl (C=O) groups is 1. The van der Waals surface area contributed by atoms with Crippen LogP contribution in [0.1, 0.15) is 39.2 Å². The zero-order valence-corrected chi connectivity index (χ0v) is 7.13. The van der Waals surface area contributed by atoms with Crippen molar-refractivity contribution < 1.29 is 19.1 Å². The third-order valence-electron chi connectivity index (χ3n) is 1.56. The molecule has 0 heterocycles. The van der Waals surface area contributed by atoms with E-state index in [-0.39, 0.29) is 5.56 Å². The first-order valence-corrected chi connectivity index (χ1v) is 3.69. The summed E-state index contributed by atoms with van der Waals surface area (Å²) in [6.45, 7) is -5.00. The van der Waals surface area contributed by atoms with Gasteiger partial charge in [0.15, 0.2) is 0 Å². The monoisotopic (exact) mass is 185 g/mol. The largest absolute Gasteiger partial charge is 0.459 e. The zero-order valence-electron chi connectivity index (χ0n) is 14.1. The van der Waals surface area contributed by atoms with Gasteiger partial charge in [-0.15, -0.1) is 0 Å². The molecule has 0 amide bonds. The molecular formula is C11H14O2. The van der Waals surface area contributed by atoms with Crippen LogP contribution in [0.4, 0.5) is 0 Å². The lowest BCUT2D eigenvalue weighted by molar-refractivity contribution is 0.0377. The summed E-state index contributed by atoms with van der Waals surface area (Å²) in [6.07, 6.45) is -3.31. The van der Waals surface area contributed by atoms with Gasteiger partial charge < -0.3 is 4.74 Å². The molecule has 0 saturated carbocycles. The van der Waals surface area contributed by atoms with Crippen LogP contribution in [0.2, 0.25) is 0 Å². The predicted molar refractivity (Wildman–Crippen MR) is 51.7 cm³/mol. The Morgan fingerprint density at radius 2 is 2.23 bits per heavy atom. The van der Waals surface area contributed by atoms with E-state index in [2.05, 4.69) is 4.74 Å². The van der Waals surface area contributed by atoms with Crippen LogP contribution < -0.4 is 0 Å². The minimum atomic E-state index is -3.31. The molecule has 0 fully saturated rings. The molecule has 0 unspecified atom stereocenters. The fourth-order valence-corrected chi connectivity index (χ4v) is 0.950. The molecule has 0 aromatic heterocycles. The zero-order chi connectivity index (χ0) is 15.8. The number of benzene rings is 1. The van der Waals surface area contributed by atoms with Crippen molar-refractivity contribution in [3.63, 3.8) is 0 Å². The van der Waals surface area contributed by atoms with E-state index in [9.17, 15) is 4.79 Å². The highest BCUT2D eigenvalue weighted by Crippen LogP contribution is 2.09. The van der Waals surface area contributed by atoms with Crippen molar-refractivity contribution >= 4 is 5.97 Å². The van der Waals surface area contributed by atoms with Crippen LogP contribution in [0.5, 0.6) is 0 Å². The lowest BCUT2D eigenvalue weighted by Crippen LogP contribution is -2.12. The third-order valence-corrected chi connectivity index (χ3v) is 1.56. The maximum absolute atomic E-state index is 11.9. The van der Waals surface area contributed by atoms with Crippen LogP contribution in [0.25, 0.3) is 0 Å². The second-order valence-electron chi connectivity index (χ2n) is 2.53. The van der Waals surface area contributed by atoms with Gasteiger partial charge in [0.05, 0.1) is 13.0 Å². The topological polar surface area (TPSA) is 26.3 Å². The van der Waals surface area contributed by atoms with Crippen molar-refractivity contribution in [2.24, 2.45) is 0 Å². The fourth-order valence-electron chi connectivity index (χ4n) is 0.950. The maximum atomic E-state index is 11.9. The van der Waals surface area contributed by atoms with Crippen molar-refractivity contribution in [2.75, 3.05) is 0 Å². The summed E-state index contributed by atoms with van der Waals surface area (Å²) in [5, 5.41) is 0. The van der Waals surface area contributed by atoms with E-state index in [0.29, 0.717) is 5.56 Å². The smallest absolute Gasteiger partial charge is 0.338 e. The third kappa shape index (κ3) is 2.58. The summed E-state index contributed by atoms with van der Waals surface area (Å²) in [5.74, 6) is -1.15. The highest BCUT2D eigenvalue weighted by atomic mass is 16.5. The highest BCUT2D eigenvalue weighted by Gasteiger charge is 2.10. The molecule has 0 atom stereocenters. The molecule has 2 heteroatoms. The van der Waals surface area contributed by atoms with E-state index in [1.807, 2.05) is 0 Å². The number of ether oxygens (including phenoxy) is 1. The van der Waals surface area contributed by atoms with Crippen LogP contribution in [-0.4, -0.2) is 12.0 Å². The van der Waals surface area contributed by atoms with Crippen molar-refractivity contribution in [2.45, 2.75) is 26.7 Å². The first-order valence-electron chi connectivity index (χ1n) is 7.19. The molecule has 0 aliphatic heterocycles. The molecule has 0 saturated heterocycles. The molecule has 13 heavy (non-hydrogen) atoms. The summed E-state index contributed by atoms with van der Waals surface area (Å²) in [5.41, 5.74) is 0.522. The Bertz CT molecular complexity index is 490. The Labute approximate surface area is 88.4 Å². The van der Waals surface area contributed by atoms with E-state index in [1.54, 1.807) is 19.1 Å². The standard InChI is InChI=1S/C11H14O2/c1-8(2)13-11(12)10-7-5-4-6-9(10)3/h4-8H,1-3H3/i1D3,2D3,8D. The summed E-state index contributed by atoms with van der Waals surface area (Å²) >= 11 is 0. The Morgan fingerprint density at radius 3 is 2.85 bits per heavy atom. The lowest BCUT2D eigenvalue weighted by Gasteiger charge is -2.09. The molecule has 0 radical (unpaired) electrons. The van der Waals surface area contributed by atoms with Crippen LogP contribution in [0.3, 0.4) is 0 Å². The molecule has 0 bridgehead atoms. The van der Waals surface area contributed by atoms with Crippen molar-refractivity contribution in [3.05, 3.63) is 35.4 Å². The summed E-state index contributed by atoms with van der Waals surface area (Å²) < 4.78 is 55.1. The summed E-state index contributed by atoms with van der Waals surface area (Å²) in [6, 6.07) is 6.15. The SMILES string of the molecule is [2H]C([2H])([2H])C([2H])(OC(=O)c1ccccc1C)C([2H])([2H])[2H]. The summed E-state index contributed by atoms with van der Waals surface area (Å²) in [7, 11) is 0. The lowest BCUT2D eigenvalue weighted by atomic mass is 10.1. The van der Waals surface area contributed by atoms with Gasteiger partial charge in [-0.3, -0.25) is 0 Å². The quantitative estimate of drug-likeness (QED) is 0.662. The molecule has 0 aliphatic rings. The number of hydrogen-bond donors (Lipinski definition) is 0. The van der Waals surface area contributed by atoms with E-state index in [4.69, 9.17) is 9.60 Å². The number of rotatable bonds is 2. The number of carbonyl (C=O) groups excluding carboxylic acids is 1. The average Bonchev–Trinajstić information content (AvgIpc) is 2.26. The van der Waals surface area contributed by atoms with Gasteiger partial charge in [0, 0.05) is 8.22 Å². The predicted octanol–water partition coefficient (Wildman–Crippen LogP) is 2.56. The average molecular weight is 185 g/mol. The van der Waals surface area contributed by atoms with E-state index in [1.165, 1.54) is 12.1 Å². The van der Waals surface area contributed by atoms with Gasteiger partial charge in [-0.25, -0.2) is 4.79 Å². The second kappa shape index (κ2) is 4.08. The Morgan fingerprint density at radius 1 is 1.54 bits per heavy atom. The van der Waals surface area contributed by atoms with E-state index in [0.717, 1.165) is 0 Å². The van der Waals surface area contributed by atoms with Crippen LogP contribution >= 0.6 is 0 Å². The number of aryl methyl sites for hydroxylation is 1. The minimum Gasteiger partial charge on any atom is -0.459 e. The fraction of sp³-hybridized carbons (Fsp3) is 0.364. The van der Waals surface area contributed by atoms with Gasteiger partial charge >= 0.3 is 5.97 Å². The number of esters is 1. The number of hydrogen-bond acceptors (Lipinski definition) is 2. The van der Waals surface area contributed by atoms with Crippen LogP contribution in [0.15, 0.2) is 24.3 Å². The van der Waals surface area contributed by atoms with Gasteiger partial charge in [0.2, 0.25) is 0 Å². The summed E-state index contributed by atoms with van der Waals surface area (Å²) in [4.78, 5) is 11.9. The van der Waals surface area contributed by atoms with Gasteiger partial charge in [0.25, 0.3) is 0 Å². The van der Waals surface area contributed by atoms with Gasteiger partial charge in [-0.05, 0) is 32.3 Å². The van der Waals surface area contributed by atoms with Crippen molar-refractivity contribution in [3.8, 4) is 0 Å². The molecule has 0 spiro atoms. The van der Waals surface area contributed by atoms with Crippen molar-refractivity contribution in [1.29, 1.82) is 0 Å². The first-order chi connectivity index (χ1) is 8.90. The van der Waals surface area contributed by atoms with Gasteiger partial charge in [-0.2, -0.15) is 0 Å². The van der Waals surface area contributed by atoms with Crippen molar-refractivity contribution in [1.82, 2.24) is 0 Å². The molecule has 70 valence electrons. The Kier molecular flexibility index (Phi) is 1.20. The second-order valence-corrected chi connectivity index (χ2v) is 2.53. The molecule has 2 nitrogen and oxygen atoms in total. The maximum Gasteiger partial charge on any atom is 0.338 e. The van der Waals surface area contributed by atoms with E-state index < -0.39 is 25.8 Å². The normalized spacial score (nSPS) is 20.8. The van der Waals surface area contributed by atoms with Gasteiger partial charge in [0.1, 0.15) is 0 Å². The van der Waals surface area contributed by atoms with Crippen LogP contribution in [0, 0.1) is 6.92 Å². The van der Waals surface area contributed by atoms with Crippen LogP contribution in [-0.2, 0) is 4.74 Å². The Balaban J connectivity index is 3.17. The van der Waals surface area contributed by atoms with Gasteiger partial charge in [-0.1, -0.05) is 18.2 Å². The minimum absolute atomic E-state index is 0.0256. The molecular weight excluding hydrogens is 164 g/mol.